The molecule has 3 nitrogen and oxygen atoms in total. The van der Waals surface area contributed by atoms with E-state index in [1.807, 2.05) is 11.6 Å². The molecule has 0 bridgehead atoms. The predicted octanol–water partition coefficient (Wildman–Crippen LogP) is 2.09. The van der Waals surface area contributed by atoms with Gasteiger partial charge in [-0.05, 0) is 12.1 Å². The molecule has 1 aromatic heterocycles. The zero-order valence-corrected chi connectivity index (χ0v) is 10.2. The number of hydrogen-bond acceptors (Lipinski definition) is 3. The molecular formula is C10H10FN3S2. The first kappa shape index (κ1) is 11.3. The monoisotopic (exact) mass is 255 g/mol. The van der Waals surface area contributed by atoms with Crippen LogP contribution in [0.15, 0.2) is 23.4 Å². The van der Waals surface area contributed by atoms with Crippen LogP contribution in [-0.4, -0.2) is 20.3 Å². The van der Waals surface area contributed by atoms with E-state index in [0.717, 1.165) is 10.7 Å². The normalized spacial score (nSPS) is 10.9. The third kappa shape index (κ3) is 2.17. The van der Waals surface area contributed by atoms with Crippen molar-refractivity contribution in [3.8, 4) is 0 Å². The van der Waals surface area contributed by atoms with Gasteiger partial charge in [0.15, 0.2) is 5.16 Å². The average molecular weight is 255 g/mol. The van der Waals surface area contributed by atoms with Gasteiger partial charge in [-0.3, -0.25) is 0 Å². The van der Waals surface area contributed by atoms with Crippen LogP contribution in [0.5, 0.6) is 0 Å². The minimum absolute atomic E-state index is 0.281. The van der Waals surface area contributed by atoms with Gasteiger partial charge < -0.3 is 10.3 Å². The number of aromatic nitrogens is 2. The second kappa shape index (κ2) is 4.39. The Morgan fingerprint density at radius 2 is 2.38 bits per heavy atom. The van der Waals surface area contributed by atoms with Crippen LogP contribution in [-0.2, 0) is 7.05 Å². The molecule has 0 fully saturated rings. The fraction of sp³-hybridized carbons (Fsp3) is 0.200. The average Bonchev–Trinajstić information content (AvgIpc) is 2.52. The summed E-state index contributed by atoms with van der Waals surface area (Å²) in [6.07, 6.45) is 0. The molecule has 0 saturated heterocycles. The van der Waals surface area contributed by atoms with Gasteiger partial charge in [0.25, 0.3) is 0 Å². The molecule has 84 valence electrons. The summed E-state index contributed by atoms with van der Waals surface area (Å²) in [6, 6.07) is 4.55. The van der Waals surface area contributed by atoms with E-state index in [0.29, 0.717) is 16.3 Å². The molecule has 0 aliphatic carbocycles. The van der Waals surface area contributed by atoms with Crippen molar-refractivity contribution >= 4 is 40.0 Å². The number of thiocarbonyl (C=S) groups is 1. The van der Waals surface area contributed by atoms with Gasteiger partial charge in [0.1, 0.15) is 5.82 Å². The lowest BCUT2D eigenvalue weighted by atomic mass is 10.3. The second-order valence-electron chi connectivity index (χ2n) is 3.34. The molecule has 1 heterocycles. The molecule has 16 heavy (non-hydrogen) atoms. The summed E-state index contributed by atoms with van der Waals surface area (Å²) >= 11 is 6.25. The van der Waals surface area contributed by atoms with E-state index < -0.39 is 0 Å². The van der Waals surface area contributed by atoms with Crippen LogP contribution in [0.2, 0.25) is 0 Å². The number of rotatable bonds is 3. The van der Waals surface area contributed by atoms with Gasteiger partial charge in [0.05, 0.1) is 21.8 Å². The Morgan fingerprint density at radius 1 is 1.62 bits per heavy atom. The van der Waals surface area contributed by atoms with Crippen LogP contribution >= 0.6 is 24.0 Å². The quantitative estimate of drug-likeness (QED) is 0.674. The SMILES string of the molecule is Cn1c(SCC(N)=S)nc2cc(F)ccc21. The lowest BCUT2D eigenvalue weighted by Gasteiger charge is -2.00. The highest BCUT2D eigenvalue weighted by Crippen LogP contribution is 2.23. The van der Waals surface area contributed by atoms with Gasteiger partial charge in [0.2, 0.25) is 0 Å². The number of fused-ring (bicyclic) bond motifs is 1. The van der Waals surface area contributed by atoms with Crippen molar-refractivity contribution in [2.75, 3.05) is 5.75 Å². The topological polar surface area (TPSA) is 43.8 Å². The maximum Gasteiger partial charge on any atom is 0.169 e. The molecule has 2 N–H and O–H groups in total. The van der Waals surface area contributed by atoms with Gasteiger partial charge in [0, 0.05) is 13.1 Å². The Bertz CT molecular complexity index is 550. The maximum absolute atomic E-state index is 13.0. The molecule has 0 aliphatic heterocycles. The fourth-order valence-electron chi connectivity index (χ4n) is 1.42. The van der Waals surface area contributed by atoms with Crippen LogP contribution in [0.3, 0.4) is 0 Å². The molecule has 2 aromatic rings. The highest BCUT2D eigenvalue weighted by Gasteiger charge is 2.08. The highest BCUT2D eigenvalue weighted by molar-refractivity contribution is 8.00. The van der Waals surface area contributed by atoms with Gasteiger partial charge >= 0.3 is 0 Å². The van der Waals surface area contributed by atoms with E-state index in [9.17, 15) is 4.39 Å². The minimum atomic E-state index is -0.281. The Labute approximate surface area is 102 Å². The molecule has 0 spiro atoms. The molecule has 2 rings (SSSR count). The molecule has 0 saturated carbocycles. The van der Waals surface area contributed by atoms with Crippen LogP contribution in [0.4, 0.5) is 4.39 Å². The molecule has 0 aliphatic rings. The van der Waals surface area contributed by atoms with E-state index >= 15 is 0 Å². The first-order valence-electron chi connectivity index (χ1n) is 4.61. The molecular weight excluding hydrogens is 245 g/mol. The fourth-order valence-corrected chi connectivity index (χ4v) is 2.32. The standard InChI is InChI=1S/C10H10FN3S2/c1-14-8-3-2-6(11)4-7(8)13-10(14)16-5-9(12)15/h2-4H,5H2,1H3,(H2,12,15). The summed E-state index contributed by atoms with van der Waals surface area (Å²) < 4.78 is 14.9. The van der Waals surface area contributed by atoms with Crippen molar-refractivity contribution in [2.24, 2.45) is 12.8 Å². The Morgan fingerprint density at radius 3 is 3.06 bits per heavy atom. The lowest BCUT2D eigenvalue weighted by Crippen LogP contribution is -2.10. The summed E-state index contributed by atoms with van der Waals surface area (Å²) in [4.78, 5) is 4.75. The third-order valence-electron chi connectivity index (χ3n) is 2.15. The highest BCUT2D eigenvalue weighted by atomic mass is 32.2. The Hall–Kier alpha value is -1.14. The molecule has 0 radical (unpaired) electrons. The van der Waals surface area contributed by atoms with Crippen LogP contribution in [0, 0.1) is 5.82 Å². The van der Waals surface area contributed by atoms with E-state index in [-0.39, 0.29) is 5.82 Å². The molecule has 6 heteroatoms. The maximum atomic E-state index is 13.0. The Kier molecular flexibility index (Phi) is 3.11. The van der Waals surface area contributed by atoms with Gasteiger partial charge in [-0.25, -0.2) is 9.37 Å². The number of nitrogens with two attached hydrogens (primary N) is 1. The first-order valence-corrected chi connectivity index (χ1v) is 6.00. The van der Waals surface area contributed by atoms with E-state index in [4.69, 9.17) is 18.0 Å². The largest absolute Gasteiger partial charge is 0.393 e. The smallest absolute Gasteiger partial charge is 0.169 e. The summed E-state index contributed by atoms with van der Waals surface area (Å²) in [6.45, 7) is 0. The van der Waals surface area contributed by atoms with Crippen molar-refractivity contribution in [3.63, 3.8) is 0 Å². The zero-order valence-electron chi connectivity index (χ0n) is 8.61. The molecule has 0 unspecified atom stereocenters. The van der Waals surface area contributed by atoms with E-state index in [1.54, 1.807) is 6.07 Å². The van der Waals surface area contributed by atoms with E-state index in [1.165, 1.54) is 23.9 Å². The number of hydrogen-bond donors (Lipinski definition) is 1. The second-order valence-corrected chi connectivity index (χ2v) is 4.81. The summed E-state index contributed by atoms with van der Waals surface area (Å²) in [5.74, 6) is 0.256. The summed E-state index contributed by atoms with van der Waals surface area (Å²) in [7, 11) is 1.88. The number of thioether (sulfide) groups is 1. The zero-order chi connectivity index (χ0) is 11.7. The molecule has 0 amide bonds. The Balaban J connectivity index is 2.39. The minimum Gasteiger partial charge on any atom is -0.393 e. The van der Waals surface area contributed by atoms with Crippen LogP contribution < -0.4 is 5.73 Å². The number of nitrogens with zero attached hydrogens (tertiary/aromatic N) is 2. The number of aryl methyl sites for hydroxylation is 1. The third-order valence-corrected chi connectivity index (χ3v) is 3.55. The predicted molar refractivity (Wildman–Crippen MR) is 68.2 cm³/mol. The van der Waals surface area contributed by atoms with Crippen molar-refractivity contribution in [2.45, 2.75) is 5.16 Å². The summed E-state index contributed by atoms with van der Waals surface area (Å²) in [5.41, 5.74) is 6.96. The molecule has 1 aromatic carbocycles. The van der Waals surface area contributed by atoms with Gasteiger partial charge in [-0.15, -0.1) is 0 Å². The van der Waals surface area contributed by atoms with E-state index in [2.05, 4.69) is 4.98 Å². The first-order chi connectivity index (χ1) is 7.58. The lowest BCUT2D eigenvalue weighted by molar-refractivity contribution is 0.629. The van der Waals surface area contributed by atoms with Crippen LogP contribution in [0.1, 0.15) is 0 Å². The van der Waals surface area contributed by atoms with Crippen molar-refractivity contribution < 1.29 is 4.39 Å². The van der Waals surface area contributed by atoms with Crippen LogP contribution in [0.25, 0.3) is 11.0 Å². The number of halogens is 1. The number of benzene rings is 1. The van der Waals surface area contributed by atoms with Gasteiger partial charge in [-0.1, -0.05) is 24.0 Å². The van der Waals surface area contributed by atoms with Gasteiger partial charge in [-0.2, -0.15) is 0 Å². The van der Waals surface area contributed by atoms with Crippen molar-refractivity contribution in [1.29, 1.82) is 0 Å². The summed E-state index contributed by atoms with van der Waals surface area (Å²) in [5, 5.41) is 0.786. The molecule has 0 atom stereocenters. The van der Waals surface area contributed by atoms with Crippen molar-refractivity contribution in [1.82, 2.24) is 9.55 Å². The number of imidazole rings is 1. The van der Waals surface area contributed by atoms with Crippen molar-refractivity contribution in [3.05, 3.63) is 24.0 Å².